The Balaban J connectivity index is 2.34. The van der Waals surface area contributed by atoms with Crippen molar-refractivity contribution in [3.8, 4) is 6.07 Å². The van der Waals surface area contributed by atoms with E-state index in [9.17, 15) is 4.39 Å². The number of hydrogen-bond donors (Lipinski definition) is 0. The largest absolute Gasteiger partial charge is 0.253 e. The van der Waals surface area contributed by atoms with Gasteiger partial charge in [0.05, 0.1) is 18.0 Å². The highest BCUT2D eigenvalue weighted by atomic mass is 19.1. The van der Waals surface area contributed by atoms with Gasteiger partial charge in [0.2, 0.25) is 0 Å². The van der Waals surface area contributed by atoms with Gasteiger partial charge in [0, 0.05) is 11.1 Å². The van der Waals surface area contributed by atoms with E-state index in [0.717, 1.165) is 47.8 Å². The molecule has 0 amide bonds. The molecule has 0 fully saturated rings. The molecular formula is C15H13FN2. The maximum atomic E-state index is 13.4. The molecule has 0 spiro atoms. The van der Waals surface area contributed by atoms with Crippen molar-refractivity contribution >= 4 is 10.9 Å². The van der Waals surface area contributed by atoms with Crippen LogP contribution in [-0.4, -0.2) is 4.98 Å². The highest BCUT2D eigenvalue weighted by Gasteiger charge is 2.18. The summed E-state index contributed by atoms with van der Waals surface area (Å²) in [5.74, 6) is -0.265. The fourth-order valence-corrected chi connectivity index (χ4v) is 2.77. The molecule has 2 aromatic rings. The van der Waals surface area contributed by atoms with Gasteiger partial charge >= 0.3 is 0 Å². The lowest BCUT2D eigenvalue weighted by Crippen LogP contribution is -2.09. The Kier molecular flexibility index (Phi) is 2.71. The Bertz CT molecular complexity index is 656. The topological polar surface area (TPSA) is 36.7 Å². The molecule has 0 atom stereocenters. The Morgan fingerprint density at radius 3 is 2.94 bits per heavy atom. The molecule has 0 unspecified atom stereocenters. The van der Waals surface area contributed by atoms with Gasteiger partial charge in [-0.3, -0.25) is 4.98 Å². The van der Waals surface area contributed by atoms with Crippen molar-refractivity contribution in [2.45, 2.75) is 32.1 Å². The van der Waals surface area contributed by atoms with Gasteiger partial charge < -0.3 is 0 Å². The first-order valence-corrected chi connectivity index (χ1v) is 6.26. The number of aromatic nitrogens is 1. The molecule has 0 aliphatic heterocycles. The average molecular weight is 240 g/mol. The van der Waals surface area contributed by atoms with E-state index in [4.69, 9.17) is 5.26 Å². The molecule has 3 heteroatoms. The average Bonchev–Trinajstić information content (AvgIpc) is 2.39. The Hall–Kier alpha value is -1.95. The van der Waals surface area contributed by atoms with E-state index in [1.807, 2.05) is 0 Å². The third-order valence-corrected chi connectivity index (χ3v) is 3.60. The van der Waals surface area contributed by atoms with Crippen LogP contribution in [0.1, 0.15) is 29.7 Å². The highest BCUT2D eigenvalue weighted by Crippen LogP contribution is 2.29. The summed E-state index contributed by atoms with van der Waals surface area (Å²) in [6, 6.07) is 6.84. The summed E-state index contributed by atoms with van der Waals surface area (Å²) in [6.07, 6.45) is 4.56. The summed E-state index contributed by atoms with van der Waals surface area (Å²) in [7, 11) is 0. The Morgan fingerprint density at radius 1 is 1.28 bits per heavy atom. The van der Waals surface area contributed by atoms with E-state index in [1.165, 1.54) is 17.7 Å². The first kappa shape index (κ1) is 11.2. The third kappa shape index (κ3) is 1.74. The molecule has 1 aliphatic carbocycles. The molecule has 3 rings (SSSR count). The van der Waals surface area contributed by atoms with Gasteiger partial charge in [0.15, 0.2) is 0 Å². The van der Waals surface area contributed by atoms with E-state index in [2.05, 4.69) is 11.1 Å². The first-order valence-electron chi connectivity index (χ1n) is 6.26. The predicted octanol–water partition coefficient (Wildman–Crippen LogP) is 3.32. The molecule has 1 aliphatic rings. The van der Waals surface area contributed by atoms with Gasteiger partial charge in [0.1, 0.15) is 5.82 Å². The van der Waals surface area contributed by atoms with Crippen LogP contribution in [0.15, 0.2) is 18.2 Å². The minimum Gasteiger partial charge on any atom is -0.253 e. The number of aryl methyl sites for hydroxylation is 1. The normalized spacial score (nSPS) is 14.2. The maximum absolute atomic E-state index is 13.4. The summed E-state index contributed by atoms with van der Waals surface area (Å²) in [5, 5.41) is 9.79. The van der Waals surface area contributed by atoms with Crippen molar-refractivity contribution in [3.63, 3.8) is 0 Å². The molecule has 1 aromatic carbocycles. The number of halogens is 1. The minimum atomic E-state index is -0.265. The van der Waals surface area contributed by atoms with Crippen molar-refractivity contribution in [2.24, 2.45) is 0 Å². The molecule has 0 N–H and O–H groups in total. The van der Waals surface area contributed by atoms with Crippen LogP contribution >= 0.6 is 0 Å². The maximum Gasteiger partial charge on any atom is 0.123 e. The molecule has 0 bridgehead atoms. The van der Waals surface area contributed by atoms with Crippen molar-refractivity contribution in [2.75, 3.05) is 0 Å². The highest BCUT2D eigenvalue weighted by molar-refractivity contribution is 5.84. The number of nitrogens with zero attached hydrogens (tertiary/aromatic N) is 2. The van der Waals surface area contributed by atoms with Gasteiger partial charge in [-0.2, -0.15) is 5.26 Å². The van der Waals surface area contributed by atoms with Crippen molar-refractivity contribution in [3.05, 3.63) is 40.8 Å². The lowest BCUT2D eigenvalue weighted by molar-refractivity contribution is 0.629. The van der Waals surface area contributed by atoms with Crippen molar-refractivity contribution < 1.29 is 4.39 Å². The van der Waals surface area contributed by atoms with Crippen molar-refractivity contribution in [1.29, 1.82) is 5.26 Å². The number of rotatable bonds is 1. The van der Waals surface area contributed by atoms with Gasteiger partial charge in [-0.15, -0.1) is 0 Å². The zero-order chi connectivity index (χ0) is 12.5. The van der Waals surface area contributed by atoms with Crippen LogP contribution in [0.25, 0.3) is 10.9 Å². The molecule has 0 radical (unpaired) electrons. The number of fused-ring (bicyclic) bond motifs is 2. The summed E-state index contributed by atoms with van der Waals surface area (Å²) < 4.78 is 13.4. The third-order valence-electron chi connectivity index (χ3n) is 3.60. The summed E-state index contributed by atoms with van der Waals surface area (Å²) in [4.78, 5) is 4.62. The van der Waals surface area contributed by atoms with Crippen LogP contribution in [0.4, 0.5) is 4.39 Å². The monoisotopic (exact) mass is 240 g/mol. The van der Waals surface area contributed by atoms with Crippen LogP contribution in [0.2, 0.25) is 0 Å². The second-order valence-corrected chi connectivity index (χ2v) is 4.72. The zero-order valence-electron chi connectivity index (χ0n) is 10.0. The lowest BCUT2D eigenvalue weighted by atomic mass is 9.89. The van der Waals surface area contributed by atoms with E-state index < -0.39 is 0 Å². The molecule has 2 nitrogen and oxygen atoms in total. The molecule has 0 saturated heterocycles. The van der Waals surface area contributed by atoms with Crippen LogP contribution in [-0.2, 0) is 19.3 Å². The summed E-state index contributed by atoms with van der Waals surface area (Å²) in [6.45, 7) is 0. The van der Waals surface area contributed by atoms with Crippen LogP contribution in [0, 0.1) is 17.1 Å². The summed E-state index contributed by atoms with van der Waals surface area (Å²) in [5.41, 5.74) is 4.07. The van der Waals surface area contributed by atoms with Gasteiger partial charge in [-0.05, 0) is 55.0 Å². The molecule has 1 heterocycles. The standard InChI is InChI=1S/C15H13FN2/c16-10-5-6-15-13(9-10)11(7-8-17)12-3-1-2-4-14(12)18-15/h5-6,9H,1-4,7H2. The zero-order valence-corrected chi connectivity index (χ0v) is 10.0. The second kappa shape index (κ2) is 4.38. The quantitative estimate of drug-likeness (QED) is 0.766. The number of pyridine rings is 1. The second-order valence-electron chi connectivity index (χ2n) is 4.72. The fourth-order valence-electron chi connectivity index (χ4n) is 2.77. The van der Waals surface area contributed by atoms with Gasteiger partial charge in [-0.25, -0.2) is 4.39 Å². The van der Waals surface area contributed by atoms with Gasteiger partial charge in [0.25, 0.3) is 0 Å². The molecule has 90 valence electrons. The number of hydrogen-bond acceptors (Lipinski definition) is 2. The van der Waals surface area contributed by atoms with Crippen molar-refractivity contribution in [1.82, 2.24) is 4.98 Å². The van der Waals surface area contributed by atoms with Gasteiger partial charge in [-0.1, -0.05) is 0 Å². The first-order chi connectivity index (χ1) is 8.79. The van der Waals surface area contributed by atoms with Crippen LogP contribution in [0.5, 0.6) is 0 Å². The molecule has 0 saturated carbocycles. The van der Waals surface area contributed by atoms with E-state index >= 15 is 0 Å². The molecular weight excluding hydrogens is 227 g/mol. The molecule has 18 heavy (non-hydrogen) atoms. The van der Waals surface area contributed by atoms with E-state index in [1.54, 1.807) is 6.07 Å². The SMILES string of the molecule is N#CCc1c2c(nc3ccc(F)cc13)CCCC2. The smallest absolute Gasteiger partial charge is 0.123 e. The summed E-state index contributed by atoms with van der Waals surface area (Å²) >= 11 is 0. The Morgan fingerprint density at radius 2 is 2.11 bits per heavy atom. The van der Waals surface area contributed by atoms with E-state index in [-0.39, 0.29) is 5.82 Å². The minimum absolute atomic E-state index is 0.265. The number of nitriles is 1. The van der Waals surface area contributed by atoms with Crippen LogP contribution < -0.4 is 0 Å². The Labute approximate surface area is 105 Å². The lowest BCUT2D eigenvalue weighted by Gasteiger charge is -2.19. The van der Waals surface area contributed by atoms with E-state index in [0.29, 0.717) is 6.42 Å². The number of benzene rings is 1. The predicted molar refractivity (Wildman–Crippen MR) is 67.7 cm³/mol. The van der Waals surface area contributed by atoms with Crippen LogP contribution in [0.3, 0.4) is 0 Å². The molecule has 1 aromatic heterocycles. The fraction of sp³-hybridized carbons (Fsp3) is 0.333.